The number of nitrogens with one attached hydrogen (secondary N) is 1. The molecule has 3 heterocycles. The van der Waals surface area contributed by atoms with Crippen molar-refractivity contribution in [1.29, 1.82) is 5.41 Å². The Kier molecular flexibility index (Phi) is 4.64. The van der Waals surface area contributed by atoms with Crippen molar-refractivity contribution in [2.24, 2.45) is 0 Å². The third-order valence-corrected chi connectivity index (χ3v) is 4.00. The Balaban J connectivity index is 1.89. The van der Waals surface area contributed by atoms with E-state index in [1.807, 2.05) is 26.0 Å². The molecule has 0 saturated carbocycles. The summed E-state index contributed by atoms with van der Waals surface area (Å²) in [6.45, 7) is 5.92. The fraction of sp³-hybridized carbons (Fsp3) is 0.389. The van der Waals surface area contributed by atoms with Crippen LogP contribution in [-0.4, -0.2) is 34.9 Å². The van der Waals surface area contributed by atoms with E-state index in [-0.39, 0.29) is 6.10 Å². The van der Waals surface area contributed by atoms with Crippen LogP contribution in [0.5, 0.6) is 5.88 Å². The molecule has 0 atom stereocenters. The Morgan fingerprint density at radius 2 is 2.00 bits per heavy atom. The second kappa shape index (κ2) is 6.86. The molecular weight excluding hydrogens is 302 g/mol. The molecule has 1 fully saturated rings. The van der Waals surface area contributed by atoms with E-state index >= 15 is 0 Å². The average molecular weight is 325 g/mol. The van der Waals surface area contributed by atoms with Crippen LogP contribution in [0.25, 0.3) is 0 Å². The number of anilines is 2. The Hall–Kier alpha value is -2.63. The normalized spacial score (nSPS) is 14.2. The number of nitrogens with zero attached hydrogens (tertiary/aromatic N) is 3. The fourth-order valence-electron chi connectivity index (χ4n) is 2.82. The molecule has 126 valence electrons. The van der Waals surface area contributed by atoms with Gasteiger partial charge in [-0.05, 0) is 38.8 Å². The van der Waals surface area contributed by atoms with Gasteiger partial charge in [0.1, 0.15) is 5.82 Å². The first kappa shape index (κ1) is 16.2. The predicted molar refractivity (Wildman–Crippen MR) is 96.0 cm³/mol. The summed E-state index contributed by atoms with van der Waals surface area (Å²) < 4.78 is 5.62. The highest BCUT2D eigenvalue weighted by Crippen LogP contribution is 2.23. The lowest BCUT2D eigenvalue weighted by Gasteiger charge is -2.17. The number of aromatic nitrogens is 2. The van der Waals surface area contributed by atoms with Gasteiger partial charge in [-0.15, -0.1) is 0 Å². The summed E-state index contributed by atoms with van der Waals surface area (Å²) in [4.78, 5) is 10.9. The molecule has 0 bridgehead atoms. The zero-order valence-corrected chi connectivity index (χ0v) is 14.1. The van der Waals surface area contributed by atoms with Crippen molar-refractivity contribution >= 4 is 17.2 Å². The monoisotopic (exact) mass is 325 g/mol. The minimum absolute atomic E-state index is 0.0193. The van der Waals surface area contributed by atoms with Crippen molar-refractivity contribution in [1.82, 2.24) is 9.97 Å². The highest BCUT2D eigenvalue weighted by atomic mass is 16.5. The largest absolute Gasteiger partial charge is 0.475 e. The van der Waals surface area contributed by atoms with Gasteiger partial charge in [0.15, 0.2) is 0 Å². The standard InChI is InChI=1S/C18H23N5O/c1-12(2)24-17-10-14(15(19)11-22-17)18(20)13-5-6-21-16(9-13)23-7-3-4-8-23/h5-6,9-12,20H,3-4,7-8,19H2,1-2H3. The van der Waals surface area contributed by atoms with E-state index in [9.17, 15) is 0 Å². The Bertz CT molecular complexity index is 738. The van der Waals surface area contributed by atoms with E-state index < -0.39 is 0 Å². The van der Waals surface area contributed by atoms with Gasteiger partial charge in [-0.1, -0.05) is 0 Å². The summed E-state index contributed by atoms with van der Waals surface area (Å²) in [6.07, 6.45) is 5.70. The van der Waals surface area contributed by atoms with Gasteiger partial charge in [-0.3, -0.25) is 5.41 Å². The zero-order valence-electron chi connectivity index (χ0n) is 14.1. The molecule has 1 aliphatic rings. The number of pyridine rings is 2. The number of hydrogen-bond donors (Lipinski definition) is 2. The molecule has 6 nitrogen and oxygen atoms in total. The van der Waals surface area contributed by atoms with Crippen LogP contribution >= 0.6 is 0 Å². The third kappa shape index (κ3) is 3.48. The lowest BCUT2D eigenvalue weighted by molar-refractivity contribution is 0.232. The first-order chi connectivity index (χ1) is 11.5. The van der Waals surface area contributed by atoms with E-state index in [1.54, 1.807) is 18.5 Å². The molecule has 0 aromatic carbocycles. The second-order valence-corrected chi connectivity index (χ2v) is 6.25. The van der Waals surface area contributed by atoms with Gasteiger partial charge >= 0.3 is 0 Å². The van der Waals surface area contributed by atoms with E-state index in [0.717, 1.165) is 24.5 Å². The molecule has 0 amide bonds. The summed E-state index contributed by atoms with van der Waals surface area (Å²) in [5, 5.41) is 8.55. The van der Waals surface area contributed by atoms with E-state index in [4.69, 9.17) is 15.9 Å². The number of rotatable bonds is 5. The van der Waals surface area contributed by atoms with Gasteiger partial charge < -0.3 is 15.4 Å². The summed E-state index contributed by atoms with van der Waals surface area (Å²) >= 11 is 0. The van der Waals surface area contributed by atoms with Crippen LogP contribution < -0.4 is 15.4 Å². The van der Waals surface area contributed by atoms with Crippen LogP contribution in [0.2, 0.25) is 0 Å². The number of hydrogen-bond acceptors (Lipinski definition) is 6. The van der Waals surface area contributed by atoms with Crippen LogP contribution in [0.1, 0.15) is 37.8 Å². The Morgan fingerprint density at radius 1 is 1.25 bits per heavy atom. The number of ether oxygens (including phenoxy) is 1. The Morgan fingerprint density at radius 3 is 2.71 bits per heavy atom. The molecule has 24 heavy (non-hydrogen) atoms. The minimum atomic E-state index is 0.0193. The van der Waals surface area contributed by atoms with Gasteiger partial charge in [0.25, 0.3) is 0 Å². The molecule has 0 spiro atoms. The van der Waals surface area contributed by atoms with Gasteiger partial charge in [0, 0.05) is 36.5 Å². The predicted octanol–water partition coefficient (Wildman–Crippen LogP) is 2.86. The van der Waals surface area contributed by atoms with Gasteiger partial charge in [0.2, 0.25) is 5.88 Å². The molecule has 3 rings (SSSR count). The molecule has 0 aliphatic carbocycles. The van der Waals surface area contributed by atoms with E-state index in [2.05, 4.69) is 14.9 Å². The highest BCUT2D eigenvalue weighted by Gasteiger charge is 2.16. The quantitative estimate of drug-likeness (QED) is 0.825. The van der Waals surface area contributed by atoms with Gasteiger partial charge in [0.05, 0.1) is 23.7 Å². The summed E-state index contributed by atoms with van der Waals surface area (Å²) in [5.41, 5.74) is 8.27. The van der Waals surface area contributed by atoms with Crippen LogP contribution in [0.15, 0.2) is 30.6 Å². The van der Waals surface area contributed by atoms with Crippen LogP contribution in [0.4, 0.5) is 11.5 Å². The molecule has 2 aromatic heterocycles. The topological polar surface area (TPSA) is 88.1 Å². The van der Waals surface area contributed by atoms with Crippen molar-refractivity contribution in [3.63, 3.8) is 0 Å². The lowest BCUT2D eigenvalue weighted by Crippen LogP contribution is -2.19. The number of nitrogens with two attached hydrogens (primary N) is 1. The van der Waals surface area contributed by atoms with Crippen molar-refractivity contribution in [2.75, 3.05) is 23.7 Å². The summed E-state index contributed by atoms with van der Waals surface area (Å²) in [7, 11) is 0. The summed E-state index contributed by atoms with van der Waals surface area (Å²) in [6, 6.07) is 5.52. The van der Waals surface area contributed by atoms with E-state index in [0.29, 0.717) is 22.8 Å². The average Bonchev–Trinajstić information content (AvgIpc) is 3.10. The molecular formula is C18H23N5O. The maximum Gasteiger partial charge on any atom is 0.214 e. The summed E-state index contributed by atoms with van der Waals surface area (Å²) in [5.74, 6) is 1.40. The molecule has 1 aliphatic heterocycles. The fourth-order valence-corrected chi connectivity index (χ4v) is 2.82. The van der Waals surface area contributed by atoms with E-state index in [1.165, 1.54) is 12.8 Å². The molecule has 2 aromatic rings. The first-order valence-electron chi connectivity index (χ1n) is 8.27. The maximum atomic E-state index is 8.55. The van der Waals surface area contributed by atoms with Crippen molar-refractivity contribution in [2.45, 2.75) is 32.8 Å². The maximum absolute atomic E-state index is 8.55. The molecule has 6 heteroatoms. The lowest BCUT2D eigenvalue weighted by atomic mass is 10.0. The van der Waals surface area contributed by atoms with Crippen molar-refractivity contribution in [3.05, 3.63) is 41.7 Å². The van der Waals surface area contributed by atoms with Crippen molar-refractivity contribution in [3.8, 4) is 5.88 Å². The third-order valence-electron chi connectivity index (χ3n) is 4.00. The van der Waals surface area contributed by atoms with Crippen molar-refractivity contribution < 1.29 is 4.74 Å². The SMILES string of the molecule is CC(C)Oc1cc(C(=N)c2ccnc(N3CCCC3)c2)c(N)cn1. The molecule has 1 saturated heterocycles. The second-order valence-electron chi connectivity index (χ2n) is 6.25. The molecule has 0 unspecified atom stereocenters. The van der Waals surface area contributed by atoms with Crippen LogP contribution in [0.3, 0.4) is 0 Å². The van der Waals surface area contributed by atoms with Gasteiger partial charge in [-0.2, -0.15) is 0 Å². The zero-order chi connectivity index (χ0) is 17.1. The molecule has 3 N–H and O–H groups in total. The smallest absolute Gasteiger partial charge is 0.214 e. The van der Waals surface area contributed by atoms with Gasteiger partial charge in [-0.25, -0.2) is 9.97 Å². The highest BCUT2D eigenvalue weighted by molar-refractivity contribution is 6.14. The molecule has 0 radical (unpaired) electrons. The van der Waals surface area contributed by atoms with Crippen LogP contribution in [0, 0.1) is 5.41 Å². The van der Waals surface area contributed by atoms with Crippen LogP contribution in [-0.2, 0) is 0 Å². The Labute approximate surface area is 142 Å². The minimum Gasteiger partial charge on any atom is -0.475 e. The first-order valence-corrected chi connectivity index (χ1v) is 8.27. The number of nitrogen functional groups attached to an aromatic ring is 1.